The monoisotopic (exact) mass is 340 g/mol. The molecule has 0 saturated carbocycles. The van der Waals surface area contributed by atoms with E-state index in [0.29, 0.717) is 24.8 Å². The number of aryl methyl sites for hydroxylation is 1. The Morgan fingerprint density at radius 1 is 1.20 bits per heavy atom. The Morgan fingerprint density at radius 2 is 2.00 bits per heavy atom. The smallest absolute Gasteiger partial charge is 0.257 e. The zero-order valence-electron chi connectivity index (χ0n) is 14.6. The van der Waals surface area contributed by atoms with Crippen molar-refractivity contribution in [2.75, 3.05) is 18.5 Å². The fraction of sp³-hybridized carbons (Fsp3) is 0.263. The number of carbonyl (C=O) groups is 1. The van der Waals surface area contributed by atoms with Gasteiger partial charge in [-0.1, -0.05) is 24.3 Å². The summed E-state index contributed by atoms with van der Waals surface area (Å²) < 4.78 is 5.47. The first kappa shape index (κ1) is 18.3. The number of nitrogens with two attached hydrogens (primary N) is 1. The van der Waals surface area contributed by atoms with Gasteiger partial charge in [-0.15, -0.1) is 0 Å². The van der Waals surface area contributed by atoms with Crippen LogP contribution in [0.2, 0.25) is 0 Å². The van der Waals surface area contributed by atoms with Gasteiger partial charge in [0, 0.05) is 12.2 Å². The molecule has 6 heteroatoms. The number of ether oxygens (including phenoxy) is 1. The van der Waals surface area contributed by atoms with Crippen molar-refractivity contribution in [2.24, 2.45) is 10.7 Å². The second-order valence-corrected chi connectivity index (χ2v) is 5.59. The highest BCUT2D eigenvalue weighted by atomic mass is 16.5. The molecule has 2 aromatic rings. The predicted octanol–water partition coefficient (Wildman–Crippen LogP) is 2.44. The molecule has 0 heterocycles. The van der Waals surface area contributed by atoms with Crippen LogP contribution in [0.3, 0.4) is 0 Å². The third-order valence-electron chi connectivity index (χ3n) is 3.36. The maximum absolute atomic E-state index is 11.4. The zero-order chi connectivity index (χ0) is 18.1. The van der Waals surface area contributed by atoms with Gasteiger partial charge in [-0.2, -0.15) is 0 Å². The predicted molar refractivity (Wildman–Crippen MR) is 101 cm³/mol. The number of benzene rings is 2. The van der Waals surface area contributed by atoms with Gasteiger partial charge in [0.15, 0.2) is 12.6 Å². The molecule has 0 aliphatic carbocycles. The molecule has 0 spiro atoms. The average Bonchev–Trinajstić information content (AvgIpc) is 2.59. The topological polar surface area (TPSA) is 88.7 Å². The first-order chi connectivity index (χ1) is 12.1. The molecule has 2 rings (SSSR count). The van der Waals surface area contributed by atoms with Gasteiger partial charge < -0.3 is 21.1 Å². The minimum atomic E-state index is -0.141. The summed E-state index contributed by atoms with van der Waals surface area (Å²) in [4.78, 5) is 15.8. The number of likely N-dealkylation sites (N-methyl/N-ethyl adjacent to an activating group) is 1. The molecule has 6 nitrogen and oxygen atoms in total. The Bertz CT molecular complexity index is 744. The van der Waals surface area contributed by atoms with Crippen molar-refractivity contribution in [1.29, 1.82) is 0 Å². The summed E-state index contributed by atoms with van der Waals surface area (Å²) in [6, 6.07) is 15.4. The van der Waals surface area contributed by atoms with Crippen LogP contribution in [0.15, 0.2) is 53.5 Å². The molecule has 0 aromatic heterocycles. The van der Waals surface area contributed by atoms with Crippen molar-refractivity contribution in [1.82, 2.24) is 5.32 Å². The summed E-state index contributed by atoms with van der Waals surface area (Å²) in [6.07, 6.45) is 0. The SMILES string of the molecule is CCNC(=O)COc1cccc(CN=C(N)Nc2cccc(C)c2)c1. The van der Waals surface area contributed by atoms with E-state index in [4.69, 9.17) is 10.5 Å². The van der Waals surface area contributed by atoms with Gasteiger partial charge in [-0.25, -0.2) is 4.99 Å². The average molecular weight is 340 g/mol. The molecule has 0 bridgehead atoms. The number of anilines is 1. The molecular weight excluding hydrogens is 316 g/mol. The van der Waals surface area contributed by atoms with E-state index in [0.717, 1.165) is 16.8 Å². The summed E-state index contributed by atoms with van der Waals surface area (Å²) in [6.45, 7) is 4.89. The molecule has 0 unspecified atom stereocenters. The number of aliphatic imine (C=N–C) groups is 1. The lowest BCUT2D eigenvalue weighted by molar-refractivity contribution is -0.122. The summed E-state index contributed by atoms with van der Waals surface area (Å²) in [5.41, 5.74) is 8.93. The van der Waals surface area contributed by atoms with Crippen molar-refractivity contribution in [3.05, 3.63) is 59.7 Å². The normalized spacial score (nSPS) is 11.0. The van der Waals surface area contributed by atoms with E-state index in [1.807, 2.05) is 56.3 Å². The maximum atomic E-state index is 11.4. The molecule has 0 radical (unpaired) electrons. The number of carbonyl (C=O) groups excluding carboxylic acids is 1. The lowest BCUT2D eigenvalue weighted by atomic mass is 10.2. The van der Waals surface area contributed by atoms with E-state index in [1.165, 1.54) is 0 Å². The van der Waals surface area contributed by atoms with E-state index >= 15 is 0 Å². The van der Waals surface area contributed by atoms with E-state index in [1.54, 1.807) is 6.07 Å². The maximum Gasteiger partial charge on any atom is 0.257 e. The largest absolute Gasteiger partial charge is 0.484 e. The highest BCUT2D eigenvalue weighted by Crippen LogP contribution is 2.14. The number of nitrogens with one attached hydrogen (secondary N) is 2. The van der Waals surface area contributed by atoms with Gasteiger partial charge in [-0.05, 0) is 49.2 Å². The van der Waals surface area contributed by atoms with Gasteiger partial charge in [0.05, 0.1) is 6.54 Å². The van der Waals surface area contributed by atoms with Crippen molar-refractivity contribution in [3.8, 4) is 5.75 Å². The van der Waals surface area contributed by atoms with Crippen molar-refractivity contribution >= 4 is 17.6 Å². The van der Waals surface area contributed by atoms with Crippen LogP contribution in [0.5, 0.6) is 5.75 Å². The Kier molecular flexibility index (Phi) is 6.83. The first-order valence-corrected chi connectivity index (χ1v) is 8.19. The quantitative estimate of drug-likeness (QED) is 0.533. The van der Waals surface area contributed by atoms with Gasteiger partial charge in [-0.3, -0.25) is 4.79 Å². The summed E-state index contributed by atoms with van der Waals surface area (Å²) >= 11 is 0. The number of hydrogen-bond acceptors (Lipinski definition) is 3. The van der Waals surface area contributed by atoms with E-state index in [2.05, 4.69) is 15.6 Å². The molecule has 132 valence electrons. The van der Waals surface area contributed by atoms with Crippen molar-refractivity contribution in [2.45, 2.75) is 20.4 Å². The second kappa shape index (κ2) is 9.32. The molecule has 25 heavy (non-hydrogen) atoms. The molecule has 0 saturated heterocycles. The molecule has 0 atom stereocenters. The van der Waals surface area contributed by atoms with Crippen molar-refractivity contribution in [3.63, 3.8) is 0 Å². The van der Waals surface area contributed by atoms with E-state index in [9.17, 15) is 4.79 Å². The third kappa shape index (κ3) is 6.55. The number of rotatable bonds is 7. The van der Waals surface area contributed by atoms with Gasteiger partial charge >= 0.3 is 0 Å². The summed E-state index contributed by atoms with van der Waals surface area (Å²) in [5, 5.41) is 5.75. The summed E-state index contributed by atoms with van der Waals surface area (Å²) in [7, 11) is 0. The summed E-state index contributed by atoms with van der Waals surface area (Å²) in [5.74, 6) is 0.834. The molecule has 0 aliphatic heterocycles. The molecule has 0 fully saturated rings. The van der Waals surface area contributed by atoms with E-state index in [-0.39, 0.29) is 12.5 Å². The van der Waals surface area contributed by atoms with Crippen molar-refractivity contribution < 1.29 is 9.53 Å². The molecule has 1 amide bonds. The second-order valence-electron chi connectivity index (χ2n) is 5.59. The van der Waals surface area contributed by atoms with Crippen LogP contribution in [0.25, 0.3) is 0 Å². The Morgan fingerprint density at radius 3 is 2.76 bits per heavy atom. The number of nitrogens with zero attached hydrogens (tertiary/aromatic N) is 1. The Hall–Kier alpha value is -3.02. The highest BCUT2D eigenvalue weighted by molar-refractivity contribution is 5.92. The lowest BCUT2D eigenvalue weighted by Crippen LogP contribution is -2.28. The minimum Gasteiger partial charge on any atom is -0.484 e. The highest BCUT2D eigenvalue weighted by Gasteiger charge is 2.02. The minimum absolute atomic E-state index is 0.00237. The fourth-order valence-electron chi connectivity index (χ4n) is 2.22. The standard InChI is InChI=1S/C19H24N4O2/c1-3-21-18(24)13-25-17-9-5-7-15(11-17)12-22-19(20)23-16-8-4-6-14(2)10-16/h4-11H,3,12-13H2,1-2H3,(H,21,24)(H3,20,22,23). The van der Waals surface area contributed by atoms with Gasteiger partial charge in [0.25, 0.3) is 5.91 Å². The van der Waals surface area contributed by atoms with E-state index < -0.39 is 0 Å². The Labute approximate surface area is 148 Å². The number of amides is 1. The van der Waals surface area contributed by atoms with Gasteiger partial charge in [0.2, 0.25) is 0 Å². The zero-order valence-corrected chi connectivity index (χ0v) is 14.6. The van der Waals surface area contributed by atoms with Crippen LogP contribution in [0.1, 0.15) is 18.1 Å². The number of guanidine groups is 1. The van der Waals surface area contributed by atoms with Crippen LogP contribution in [-0.4, -0.2) is 25.0 Å². The lowest BCUT2D eigenvalue weighted by Gasteiger charge is -2.08. The molecule has 2 aromatic carbocycles. The Balaban J connectivity index is 1.91. The van der Waals surface area contributed by atoms with Crippen LogP contribution >= 0.6 is 0 Å². The molecule has 0 aliphatic rings. The van der Waals surface area contributed by atoms with Crippen LogP contribution in [-0.2, 0) is 11.3 Å². The van der Waals surface area contributed by atoms with Gasteiger partial charge in [0.1, 0.15) is 5.75 Å². The van der Waals surface area contributed by atoms with Crippen LogP contribution in [0.4, 0.5) is 5.69 Å². The number of hydrogen-bond donors (Lipinski definition) is 3. The molecule has 4 N–H and O–H groups in total. The van der Waals surface area contributed by atoms with Crippen LogP contribution < -0.4 is 21.1 Å². The van der Waals surface area contributed by atoms with Crippen LogP contribution in [0, 0.1) is 6.92 Å². The molecular formula is C19H24N4O2. The first-order valence-electron chi connectivity index (χ1n) is 8.19. The fourth-order valence-corrected chi connectivity index (χ4v) is 2.22. The third-order valence-corrected chi connectivity index (χ3v) is 3.36.